The predicted molar refractivity (Wildman–Crippen MR) is 85.6 cm³/mol. The number of aromatic nitrogens is 4. The Morgan fingerprint density at radius 1 is 1.22 bits per heavy atom. The minimum absolute atomic E-state index is 0.129. The minimum atomic E-state index is -0.376. The van der Waals surface area contributed by atoms with Crippen molar-refractivity contribution in [2.45, 2.75) is 5.16 Å². The highest BCUT2D eigenvalue weighted by molar-refractivity contribution is 7.99. The SMILES string of the molecule is O=C(CSc1nnnn1-c1cccc(Cl)c1)c1ccc(F)cc1. The summed E-state index contributed by atoms with van der Waals surface area (Å²) in [6.45, 7) is 0. The summed E-state index contributed by atoms with van der Waals surface area (Å²) in [5.74, 6) is -0.359. The molecule has 1 aromatic heterocycles. The Morgan fingerprint density at radius 3 is 2.74 bits per heavy atom. The van der Waals surface area contributed by atoms with E-state index in [0.29, 0.717) is 21.4 Å². The molecule has 2 aromatic carbocycles. The fourth-order valence-electron chi connectivity index (χ4n) is 1.89. The van der Waals surface area contributed by atoms with Crippen molar-refractivity contribution in [3.8, 4) is 5.69 Å². The van der Waals surface area contributed by atoms with E-state index in [4.69, 9.17) is 11.6 Å². The average Bonchev–Trinajstić information content (AvgIpc) is 3.02. The Bertz CT molecular complexity index is 838. The summed E-state index contributed by atoms with van der Waals surface area (Å²) in [5.41, 5.74) is 1.15. The molecule has 0 unspecified atom stereocenters. The lowest BCUT2D eigenvalue weighted by atomic mass is 10.1. The Morgan fingerprint density at radius 2 is 2.00 bits per heavy atom. The maximum absolute atomic E-state index is 12.9. The molecule has 0 amide bonds. The van der Waals surface area contributed by atoms with Gasteiger partial charge in [0.1, 0.15) is 5.82 Å². The van der Waals surface area contributed by atoms with Gasteiger partial charge in [-0.15, -0.1) is 5.10 Å². The number of halogens is 2. The van der Waals surface area contributed by atoms with Gasteiger partial charge in [-0.1, -0.05) is 29.4 Å². The quantitative estimate of drug-likeness (QED) is 0.522. The summed E-state index contributed by atoms with van der Waals surface area (Å²) in [4.78, 5) is 12.1. The second-order valence-corrected chi connectivity index (χ2v) is 5.95. The topological polar surface area (TPSA) is 60.7 Å². The number of carbonyl (C=O) groups is 1. The number of Topliss-reactive ketones (excluding diaryl/α,β-unsaturated/α-hetero) is 1. The standard InChI is InChI=1S/C15H10ClFN4OS/c16-11-2-1-3-13(8-11)21-15(18-19-20-21)23-9-14(22)10-4-6-12(17)7-5-10/h1-8H,9H2. The van der Waals surface area contributed by atoms with Gasteiger partial charge in [0.25, 0.3) is 0 Å². The summed E-state index contributed by atoms with van der Waals surface area (Å²) >= 11 is 7.16. The number of benzene rings is 2. The molecule has 0 N–H and O–H groups in total. The monoisotopic (exact) mass is 348 g/mol. The fraction of sp³-hybridized carbons (Fsp3) is 0.0667. The van der Waals surface area contributed by atoms with E-state index in [1.807, 2.05) is 6.07 Å². The van der Waals surface area contributed by atoms with Gasteiger partial charge in [0, 0.05) is 10.6 Å². The highest BCUT2D eigenvalue weighted by Gasteiger charge is 2.13. The van der Waals surface area contributed by atoms with Crippen LogP contribution in [0, 0.1) is 5.82 Å². The van der Waals surface area contributed by atoms with E-state index in [0.717, 1.165) is 0 Å². The van der Waals surface area contributed by atoms with Crippen LogP contribution in [-0.4, -0.2) is 31.7 Å². The van der Waals surface area contributed by atoms with Gasteiger partial charge in [0.15, 0.2) is 5.78 Å². The normalized spacial score (nSPS) is 10.7. The van der Waals surface area contributed by atoms with E-state index < -0.39 is 0 Å². The molecule has 0 aliphatic carbocycles. The van der Waals surface area contributed by atoms with Crippen molar-refractivity contribution < 1.29 is 9.18 Å². The molecule has 3 rings (SSSR count). The number of thioether (sulfide) groups is 1. The molecule has 116 valence electrons. The maximum Gasteiger partial charge on any atom is 0.214 e. The van der Waals surface area contributed by atoms with Gasteiger partial charge >= 0.3 is 0 Å². The molecule has 5 nitrogen and oxygen atoms in total. The molecule has 0 bridgehead atoms. The maximum atomic E-state index is 12.9. The van der Waals surface area contributed by atoms with Gasteiger partial charge in [-0.2, -0.15) is 4.68 Å². The van der Waals surface area contributed by atoms with Gasteiger partial charge in [0.05, 0.1) is 11.4 Å². The second-order valence-electron chi connectivity index (χ2n) is 4.57. The molecule has 0 radical (unpaired) electrons. The number of rotatable bonds is 5. The smallest absolute Gasteiger partial charge is 0.214 e. The Labute approximate surface area is 140 Å². The average molecular weight is 349 g/mol. The first-order chi connectivity index (χ1) is 11.1. The number of tetrazole rings is 1. The van der Waals surface area contributed by atoms with Crippen LogP contribution in [0.2, 0.25) is 5.02 Å². The van der Waals surface area contributed by atoms with Crippen molar-refractivity contribution >= 4 is 29.1 Å². The van der Waals surface area contributed by atoms with E-state index >= 15 is 0 Å². The van der Waals surface area contributed by atoms with E-state index in [2.05, 4.69) is 15.5 Å². The first-order valence-electron chi connectivity index (χ1n) is 6.59. The molecular weight excluding hydrogens is 339 g/mol. The number of ketones is 1. The molecule has 0 atom stereocenters. The van der Waals surface area contributed by atoms with Crippen molar-refractivity contribution in [3.63, 3.8) is 0 Å². The number of hydrogen-bond acceptors (Lipinski definition) is 5. The third kappa shape index (κ3) is 3.75. The number of nitrogens with zero attached hydrogens (tertiary/aromatic N) is 4. The van der Waals surface area contributed by atoms with E-state index in [1.54, 1.807) is 18.2 Å². The van der Waals surface area contributed by atoms with Crippen LogP contribution in [0.4, 0.5) is 4.39 Å². The van der Waals surface area contributed by atoms with Crippen LogP contribution in [0.15, 0.2) is 53.7 Å². The third-order valence-corrected chi connectivity index (χ3v) is 4.15. The number of hydrogen-bond donors (Lipinski definition) is 0. The molecule has 23 heavy (non-hydrogen) atoms. The van der Waals surface area contributed by atoms with E-state index in [-0.39, 0.29) is 17.4 Å². The zero-order chi connectivity index (χ0) is 16.2. The Balaban J connectivity index is 1.73. The van der Waals surface area contributed by atoms with Crippen molar-refractivity contribution in [3.05, 3.63) is 64.9 Å². The molecular formula is C15H10ClFN4OS. The second kappa shape index (κ2) is 6.89. The molecule has 0 saturated carbocycles. The minimum Gasteiger partial charge on any atom is -0.293 e. The molecule has 0 spiro atoms. The first kappa shape index (κ1) is 15.6. The summed E-state index contributed by atoms with van der Waals surface area (Å²) in [7, 11) is 0. The largest absolute Gasteiger partial charge is 0.293 e. The van der Waals surface area contributed by atoms with Crippen LogP contribution in [-0.2, 0) is 0 Å². The highest BCUT2D eigenvalue weighted by atomic mass is 35.5. The lowest BCUT2D eigenvalue weighted by Gasteiger charge is -2.04. The molecule has 1 heterocycles. The van der Waals surface area contributed by atoms with E-state index in [9.17, 15) is 9.18 Å². The van der Waals surface area contributed by atoms with Crippen molar-refractivity contribution in [2.75, 3.05) is 5.75 Å². The first-order valence-corrected chi connectivity index (χ1v) is 7.96. The molecule has 0 aliphatic rings. The van der Waals surface area contributed by atoms with Crippen LogP contribution in [0.1, 0.15) is 10.4 Å². The lowest BCUT2D eigenvalue weighted by Crippen LogP contribution is -2.05. The highest BCUT2D eigenvalue weighted by Crippen LogP contribution is 2.21. The van der Waals surface area contributed by atoms with Crippen molar-refractivity contribution in [1.29, 1.82) is 0 Å². The van der Waals surface area contributed by atoms with Gasteiger partial charge in [-0.05, 0) is 52.9 Å². The lowest BCUT2D eigenvalue weighted by molar-refractivity contribution is 0.102. The van der Waals surface area contributed by atoms with Crippen LogP contribution in [0.3, 0.4) is 0 Å². The summed E-state index contributed by atoms with van der Waals surface area (Å²) in [6.07, 6.45) is 0. The van der Waals surface area contributed by atoms with Gasteiger partial charge in [0.2, 0.25) is 5.16 Å². The molecule has 3 aromatic rings. The van der Waals surface area contributed by atoms with Crippen LogP contribution in [0.5, 0.6) is 0 Å². The van der Waals surface area contributed by atoms with Gasteiger partial charge < -0.3 is 0 Å². The van der Waals surface area contributed by atoms with Crippen molar-refractivity contribution in [2.24, 2.45) is 0 Å². The number of carbonyl (C=O) groups excluding carboxylic acids is 1. The fourth-order valence-corrected chi connectivity index (χ4v) is 2.86. The van der Waals surface area contributed by atoms with Crippen LogP contribution in [0.25, 0.3) is 5.69 Å². The molecule has 0 fully saturated rings. The zero-order valence-electron chi connectivity index (χ0n) is 11.7. The van der Waals surface area contributed by atoms with Crippen LogP contribution >= 0.6 is 23.4 Å². The van der Waals surface area contributed by atoms with Gasteiger partial charge in [-0.3, -0.25) is 4.79 Å². The Hall–Kier alpha value is -2.25. The predicted octanol–water partition coefficient (Wildman–Crippen LogP) is 3.43. The zero-order valence-corrected chi connectivity index (χ0v) is 13.3. The van der Waals surface area contributed by atoms with Gasteiger partial charge in [-0.25, -0.2) is 4.39 Å². The Kier molecular flexibility index (Phi) is 4.68. The van der Waals surface area contributed by atoms with Crippen LogP contribution < -0.4 is 0 Å². The molecule has 0 saturated heterocycles. The molecule has 8 heteroatoms. The summed E-state index contributed by atoms with van der Waals surface area (Å²) < 4.78 is 14.4. The summed E-state index contributed by atoms with van der Waals surface area (Å²) in [6, 6.07) is 12.5. The third-order valence-electron chi connectivity index (χ3n) is 2.99. The molecule has 0 aliphatic heterocycles. The van der Waals surface area contributed by atoms with E-state index in [1.165, 1.54) is 40.7 Å². The summed E-state index contributed by atoms with van der Waals surface area (Å²) in [5, 5.41) is 12.5. The van der Waals surface area contributed by atoms with Crippen molar-refractivity contribution in [1.82, 2.24) is 20.2 Å².